The van der Waals surface area contributed by atoms with Crippen LogP contribution in [0, 0.1) is 5.92 Å². The summed E-state index contributed by atoms with van der Waals surface area (Å²) in [6.45, 7) is 1.54. The number of rotatable bonds is 6. The largest absolute Gasteiger partial charge is 0.424 e. The van der Waals surface area contributed by atoms with Gasteiger partial charge in [0.2, 0.25) is 5.91 Å². The lowest BCUT2D eigenvalue weighted by Crippen LogP contribution is -2.47. The van der Waals surface area contributed by atoms with Gasteiger partial charge in [-0.05, 0) is 25.0 Å². The summed E-state index contributed by atoms with van der Waals surface area (Å²) < 4.78 is 46.8. The van der Waals surface area contributed by atoms with E-state index in [1.165, 1.54) is 6.08 Å². The van der Waals surface area contributed by atoms with Crippen molar-refractivity contribution in [1.29, 1.82) is 0 Å². The predicted molar refractivity (Wildman–Crippen MR) is 142 cm³/mol. The van der Waals surface area contributed by atoms with E-state index in [9.17, 15) is 22.8 Å². The van der Waals surface area contributed by atoms with Gasteiger partial charge in [-0.1, -0.05) is 17.9 Å². The lowest BCUT2D eigenvalue weighted by Gasteiger charge is -2.33. The number of halogens is 3. The van der Waals surface area contributed by atoms with E-state index >= 15 is 0 Å². The Hall–Kier alpha value is -4.63. The van der Waals surface area contributed by atoms with Crippen LogP contribution in [-0.2, 0) is 16.0 Å². The Bertz CT molecular complexity index is 1670. The number of fused-ring (bicyclic) bond motifs is 1. The first-order valence-electron chi connectivity index (χ1n) is 13.1. The maximum absolute atomic E-state index is 13.0. The van der Waals surface area contributed by atoms with Crippen molar-refractivity contribution in [1.82, 2.24) is 24.6 Å². The van der Waals surface area contributed by atoms with Gasteiger partial charge in [-0.15, -0.1) is 5.73 Å². The number of benzene rings is 1. The topological polar surface area (TPSA) is 115 Å². The molecule has 0 bridgehead atoms. The first-order chi connectivity index (χ1) is 19.7. The minimum absolute atomic E-state index is 0.139. The average molecular weight is 563 g/mol. The van der Waals surface area contributed by atoms with Gasteiger partial charge in [0.25, 0.3) is 5.91 Å². The number of amides is 2. The average Bonchev–Trinajstić information content (AvgIpc) is 3.75. The summed E-state index contributed by atoms with van der Waals surface area (Å²) in [5.41, 5.74) is 11.6. The van der Waals surface area contributed by atoms with Crippen LogP contribution in [0.5, 0.6) is 0 Å². The number of nitrogens with zero attached hydrogens (tertiary/aromatic N) is 4. The molecule has 1 saturated carbocycles. The molecule has 210 valence electrons. The zero-order chi connectivity index (χ0) is 28.7. The number of anilines is 1. The number of imidazole rings is 1. The van der Waals surface area contributed by atoms with E-state index in [-0.39, 0.29) is 35.0 Å². The molecular weight excluding hydrogens is 537 g/mol. The van der Waals surface area contributed by atoms with E-state index in [0.717, 1.165) is 18.9 Å². The number of hydrogen-bond donors (Lipinski definition) is 2. The minimum atomic E-state index is -4.60. The zero-order valence-electron chi connectivity index (χ0n) is 21.7. The van der Waals surface area contributed by atoms with Gasteiger partial charge in [-0.3, -0.25) is 14.0 Å². The highest BCUT2D eigenvalue weighted by atomic mass is 19.4. The van der Waals surface area contributed by atoms with Crippen molar-refractivity contribution in [2.24, 2.45) is 5.92 Å². The number of carbonyl (C=O) groups is 2. The number of nitrogens with two attached hydrogens (primary N) is 1. The molecule has 12 heteroatoms. The highest BCUT2D eigenvalue weighted by Gasteiger charge is 2.36. The third kappa shape index (κ3) is 5.53. The highest BCUT2D eigenvalue weighted by Crippen LogP contribution is 2.33. The van der Waals surface area contributed by atoms with Gasteiger partial charge < -0.3 is 20.7 Å². The molecule has 2 aromatic heterocycles. The third-order valence-electron chi connectivity index (χ3n) is 7.14. The molecule has 1 saturated heterocycles. The number of hydrogen-bond acceptors (Lipinski definition) is 6. The molecule has 3 heterocycles. The van der Waals surface area contributed by atoms with Crippen LogP contribution >= 0.6 is 0 Å². The molecule has 41 heavy (non-hydrogen) atoms. The number of aromatic nitrogens is 3. The van der Waals surface area contributed by atoms with Crippen LogP contribution < -0.4 is 11.1 Å². The van der Waals surface area contributed by atoms with E-state index in [4.69, 9.17) is 15.5 Å². The number of ether oxygens (including phenoxy) is 1. The normalized spacial score (nSPS) is 18.8. The van der Waals surface area contributed by atoms with Gasteiger partial charge in [0.05, 0.1) is 18.4 Å². The number of allylic oxidation sites excluding steroid dienone is 1. The molecule has 3 aromatic rings. The molecule has 3 N–H and O–H groups in total. The summed E-state index contributed by atoms with van der Waals surface area (Å²) in [5.74, 6) is 0.693. The maximum Gasteiger partial charge on any atom is 0.424 e. The summed E-state index contributed by atoms with van der Waals surface area (Å²) in [6, 6.07) is 6.46. The Balaban J connectivity index is 1.23. The standard InChI is InChI=1S/C29H25F3N6O3/c30-29(31,32)20-2-1-3-21(14-20)35-27(39)18-6-4-17(5-7-18)24-25-26(33)34-10-11-38(25)23(36-24)15-22-16-37(12-13-41-22)28(40)19-8-9-19/h2-7,10-11,19,22H,8-9,12-13,15-16H2,(H2,33,34)(H,35,39)/t22-/m0/s1. The summed E-state index contributed by atoms with van der Waals surface area (Å²) in [7, 11) is 0. The second-order valence-electron chi connectivity index (χ2n) is 10.1. The molecule has 1 atom stereocenters. The predicted octanol–water partition coefficient (Wildman–Crippen LogP) is 3.58. The smallest absolute Gasteiger partial charge is 0.382 e. The fourth-order valence-corrected chi connectivity index (χ4v) is 4.93. The third-order valence-corrected chi connectivity index (χ3v) is 7.14. The van der Waals surface area contributed by atoms with Gasteiger partial charge in [0.1, 0.15) is 28.4 Å². The fourth-order valence-electron chi connectivity index (χ4n) is 4.93. The zero-order valence-corrected chi connectivity index (χ0v) is 21.7. The Morgan fingerprint density at radius 3 is 2.68 bits per heavy atom. The molecule has 0 unspecified atom stereocenters. The van der Waals surface area contributed by atoms with Crippen LogP contribution in [0.4, 0.5) is 19.0 Å². The maximum atomic E-state index is 13.0. The number of nitrogens with one attached hydrogen (secondary N) is 1. The number of alkyl halides is 3. The summed E-state index contributed by atoms with van der Waals surface area (Å²) in [6.07, 6.45) is 2.84. The lowest BCUT2D eigenvalue weighted by molar-refractivity contribution is -0.140. The van der Waals surface area contributed by atoms with Crippen LogP contribution in [0.3, 0.4) is 0 Å². The quantitative estimate of drug-likeness (QED) is 0.444. The van der Waals surface area contributed by atoms with E-state index in [1.807, 2.05) is 9.30 Å². The second kappa shape index (κ2) is 10.4. The van der Waals surface area contributed by atoms with Gasteiger partial charge in [0.15, 0.2) is 0 Å². The van der Waals surface area contributed by atoms with Gasteiger partial charge in [0, 0.05) is 61.1 Å². The molecule has 2 amide bonds. The van der Waals surface area contributed by atoms with Crippen molar-refractivity contribution < 1.29 is 27.5 Å². The Labute approximate surface area is 232 Å². The van der Waals surface area contributed by atoms with Crippen molar-refractivity contribution in [3.63, 3.8) is 0 Å². The SMILES string of the molecule is Nc1nccn2c(C[C@H]3CN(C(=O)C4CC4)CCO3)nc(-c3ccc(C(=O)NC4=C=C(C(F)(F)F)C=C=C4)cc3)c12. The van der Waals surface area contributed by atoms with E-state index in [1.54, 1.807) is 36.7 Å². The van der Waals surface area contributed by atoms with Crippen molar-refractivity contribution >= 4 is 23.1 Å². The molecule has 0 spiro atoms. The molecule has 2 fully saturated rings. The van der Waals surface area contributed by atoms with Gasteiger partial charge >= 0.3 is 6.18 Å². The van der Waals surface area contributed by atoms with Gasteiger partial charge in [-0.2, -0.15) is 13.2 Å². The molecular formula is C29H25F3N6O3. The van der Waals surface area contributed by atoms with Crippen molar-refractivity contribution in [3.05, 3.63) is 82.9 Å². The summed E-state index contributed by atoms with van der Waals surface area (Å²) in [4.78, 5) is 36.2. The molecule has 6 rings (SSSR count). The van der Waals surface area contributed by atoms with Crippen molar-refractivity contribution in [3.8, 4) is 11.3 Å². The molecule has 3 aliphatic rings. The van der Waals surface area contributed by atoms with Crippen LogP contribution in [0.15, 0.2) is 71.5 Å². The van der Waals surface area contributed by atoms with Crippen LogP contribution in [-0.4, -0.2) is 63.1 Å². The lowest BCUT2D eigenvalue weighted by atomic mass is 10.1. The summed E-state index contributed by atoms with van der Waals surface area (Å²) >= 11 is 0. The van der Waals surface area contributed by atoms with E-state index in [0.29, 0.717) is 48.7 Å². The second-order valence-corrected chi connectivity index (χ2v) is 10.1. The van der Waals surface area contributed by atoms with Crippen LogP contribution in [0.2, 0.25) is 0 Å². The van der Waals surface area contributed by atoms with Crippen molar-refractivity contribution in [2.45, 2.75) is 31.5 Å². The Morgan fingerprint density at radius 1 is 1.17 bits per heavy atom. The van der Waals surface area contributed by atoms with E-state index < -0.39 is 17.7 Å². The molecule has 9 nitrogen and oxygen atoms in total. The van der Waals surface area contributed by atoms with Crippen LogP contribution in [0.25, 0.3) is 16.8 Å². The fraction of sp³-hybridized carbons (Fsp3) is 0.310. The highest BCUT2D eigenvalue weighted by molar-refractivity contribution is 5.96. The Kier molecular flexibility index (Phi) is 6.75. The molecule has 1 aromatic carbocycles. The molecule has 1 aliphatic heterocycles. The monoisotopic (exact) mass is 562 g/mol. The first-order valence-corrected chi connectivity index (χ1v) is 13.1. The molecule has 2 aliphatic carbocycles. The molecule has 0 radical (unpaired) electrons. The first kappa shape index (κ1) is 26.6. The Morgan fingerprint density at radius 2 is 1.95 bits per heavy atom. The minimum Gasteiger partial charge on any atom is -0.382 e. The number of nitrogen functional groups attached to an aromatic ring is 1. The number of carbonyl (C=O) groups excluding carboxylic acids is 2. The summed E-state index contributed by atoms with van der Waals surface area (Å²) in [5, 5.41) is 2.42. The van der Waals surface area contributed by atoms with Crippen molar-refractivity contribution in [2.75, 3.05) is 25.4 Å². The number of morpholine rings is 1. The van der Waals surface area contributed by atoms with E-state index in [2.05, 4.69) is 21.8 Å². The van der Waals surface area contributed by atoms with Gasteiger partial charge in [-0.25, -0.2) is 9.97 Å². The van der Waals surface area contributed by atoms with Crippen LogP contribution in [0.1, 0.15) is 29.0 Å².